The van der Waals surface area contributed by atoms with E-state index in [1.54, 1.807) is 11.0 Å². The molecule has 0 aromatic carbocycles. The predicted octanol–water partition coefficient (Wildman–Crippen LogP) is 1.87. The standard InChI is InChI=1S/C14H19F2N3O2/c1-8-5-19(7-13(15)16)6-11(8)17-14(20)10-4-12(21-18-10)9-2-3-9/h4,8-9,11,13H,2-3,5-7H2,1H3,(H,17,20)/t8-,11-/m1/s1. The van der Waals surface area contributed by atoms with Gasteiger partial charge < -0.3 is 9.84 Å². The summed E-state index contributed by atoms with van der Waals surface area (Å²) in [5, 5.41) is 6.66. The van der Waals surface area contributed by atoms with Gasteiger partial charge in [0.25, 0.3) is 12.3 Å². The molecule has 2 aliphatic rings. The fraction of sp³-hybridized carbons (Fsp3) is 0.714. The molecule has 5 nitrogen and oxygen atoms in total. The Bertz CT molecular complexity index is 516. The van der Waals surface area contributed by atoms with Crippen LogP contribution in [0.1, 0.15) is 41.9 Å². The van der Waals surface area contributed by atoms with Crippen molar-refractivity contribution in [2.24, 2.45) is 5.92 Å². The molecule has 2 fully saturated rings. The average Bonchev–Trinajstić information content (AvgIpc) is 3.04. The van der Waals surface area contributed by atoms with Gasteiger partial charge in [0.2, 0.25) is 0 Å². The van der Waals surface area contributed by atoms with Crippen LogP contribution in [0, 0.1) is 5.92 Å². The van der Waals surface area contributed by atoms with Crippen LogP contribution < -0.4 is 5.32 Å². The summed E-state index contributed by atoms with van der Waals surface area (Å²) in [6.45, 7) is 2.73. The lowest BCUT2D eigenvalue weighted by Crippen LogP contribution is -2.40. The van der Waals surface area contributed by atoms with Crippen LogP contribution in [0.2, 0.25) is 0 Å². The second-order valence-corrected chi connectivity index (χ2v) is 6.06. The van der Waals surface area contributed by atoms with Crippen molar-refractivity contribution >= 4 is 5.91 Å². The zero-order chi connectivity index (χ0) is 15.0. The number of nitrogens with zero attached hydrogens (tertiary/aromatic N) is 2. The Morgan fingerprint density at radius 3 is 2.95 bits per heavy atom. The molecule has 2 heterocycles. The Morgan fingerprint density at radius 1 is 1.52 bits per heavy atom. The van der Waals surface area contributed by atoms with Gasteiger partial charge in [-0.2, -0.15) is 0 Å². The number of carbonyl (C=O) groups is 1. The van der Waals surface area contributed by atoms with E-state index in [-0.39, 0.29) is 30.1 Å². The van der Waals surface area contributed by atoms with Crippen LogP contribution in [-0.2, 0) is 0 Å². The Labute approximate surface area is 121 Å². The number of hydrogen-bond donors (Lipinski definition) is 1. The van der Waals surface area contributed by atoms with Crippen LogP contribution in [0.25, 0.3) is 0 Å². The molecule has 7 heteroatoms. The molecule has 21 heavy (non-hydrogen) atoms. The molecule has 2 atom stereocenters. The van der Waals surface area contributed by atoms with Gasteiger partial charge in [-0.05, 0) is 18.8 Å². The summed E-state index contributed by atoms with van der Waals surface area (Å²) >= 11 is 0. The molecule has 1 N–H and O–H groups in total. The molecule has 1 saturated heterocycles. The maximum absolute atomic E-state index is 12.4. The molecule has 1 aliphatic carbocycles. The first-order valence-corrected chi connectivity index (χ1v) is 7.31. The highest BCUT2D eigenvalue weighted by Crippen LogP contribution is 2.40. The average molecular weight is 299 g/mol. The molecule has 1 amide bonds. The second-order valence-electron chi connectivity index (χ2n) is 6.06. The Morgan fingerprint density at radius 2 is 2.29 bits per heavy atom. The first-order valence-electron chi connectivity index (χ1n) is 7.31. The zero-order valence-corrected chi connectivity index (χ0v) is 11.9. The summed E-state index contributed by atoms with van der Waals surface area (Å²) in [6.07, 6.45) is -0.180. The quantitative estimate of drug-likeness (QED) is 0.901. The van der Waals surface area contributed by atoms with Crippen molar-refractivity contribution in [3.63, 3.8) is 0 Å². The summed E-state index contributed by atoms with van der Waals surface area (Å²) in [5.74, 6) is 1.02. The van der Waals surface area contributed by atoms with Gasteiger partial charge >= 0.3 is 0 Å². The number of rotatable bonds is 5. The minimum atomic E-state index is -2.34. The van der Waals surface area contributed by atoms with E-state index in [2.05, 4.69) is 10.5 Å². The zero-order valence-electron chi connectivity index (χ0n) is 11.9. The van der Waals surface area contributed by atoms with Crippen LogP contribution >= 0.6 is 0 Å². The highest BCUT2D eigenvalue weighted by molar-refractivity contribution is 5.92. The monoisotopic (exact) mass is 299 g/mol. The van der Waals surface area contributed by atoms with Gasteiger partial charge in [0.15, 0.2) is 5.69 Å². The van der Waals surface area contributed by atoms with Crippen molar-refractivity contribution in [3.05, 3.63) is 17.5 Å². The highest BCUT2D eigenvalue weighted by atomic mass is 19.3. The smallest absolute Gasteiger partial charge is 0.273 e. The number of alkyl halides is 2. The number of halogens is 2. The molecular weight excluding hydrogens is 280 g/mol. The van der Waals surface area contributed by atoms with Crippen LogP contribution in [0.5, 0.6) is 0 Å². The summed E-state index contributed by atoms with van der Waals surface area (Å²) in [4.78, 5) is 13.8. The number of hydrogen-bond acceptors (Lipinski definition) is 4. The van der Waals surface area contributed by atoms with E-state index in [4.69, 9.17) is 4.52 Å². The largest absolute Gasteiger partial charge is 0.360 e. The van der Waals surface area contributed by atoms with E-state index in [9.17, 15) is 13.6 Å². The molecule has 1 saturated carbocycles. The van der Waals surface area contributed by atoms with Crippen molar-refractivity contribution in [2.45, 2.75) is 38.2 Å². The molecule has 3 rings (SSSR count). The van der Waals surface area contributed by atoms with Crippen molar-refractivity contribution in [3.8, 4) is 0 Å². The van der Waals surface area contributed by atoms with E-state index in [0.29, 0.717) is 19.0 Å². The molecule has 0 bridgehead atoms. The number of nitrogens with one attached hydrogen (secondary N) is 1. The Kier molecular flexibility index (Phi) is 3.93. The van der Waals surface area contributed by atoms with Gasteiger partial charge in [-0.3, -0.25) is 9.69 Å². The molecule has 0 spiro atoms. The van der Waals surface area contributed by atoms with E-state index < -0.39 is 6.43 Å². The fourth-order valence-electron chi connectivity index (χ4n) is 2.80. The van der Waals surface area contributed by atoms with Crippen molar-refractivity contribution in [1.29, 1.82) is 0 Å². The van der Waals surface area contributed by atoms with Gasteiger partial charge in [-0.15, -0.1) is 0 Å². The third-order valence-electron chi connectivity index (χ3n) is 4.14. The molecule has 1 aromatic rings. The van der Waals surface area contributed by atoms with Crippen molar-refractivity contribution in [2.75, 3.05) is 19.6 Å². The maximum atomic E-state index is 12.4. The van der Waals surface area contributed by atoms with Gasteiger partial charge in [0.05, 0.1) is 6.54 Å². The fourth-order valence-corrected chi connectivity index (χ4v) is 2.80. The first kappa shape index (κ1) is 14.4. The van der Waals surface area contributed by atoms with Crippen molar-refractivity contribution < 1.29 is 18.1 Å². The molecular formula is C14H19F2N3O2. The highest BCUT2D eigenvalue weighted by Gasteiger charge is 2.33. The molecule has 1 aliphatic heterocycles. The van der Waals surface area contributed by atoms with E-state index in [1.807, 2.05) is 6.92 Å². The SMILES string of the molecule is C[C@@H]1CN(CC(F)F)C[C@H]1NC(=O)c1cc(C2CC2)on1. The van der Waals surface area contributed by atoms with Crippen LogP contribution in [0.15, 0.2) is 10.6 Å². The van der Waals surface area contributed by atoms with Crippen LogP contribution in [0.3, 0.4) is 0 Å². The maximum Gasteiger partial charge on any atom is 0.273 e. The lowest BCUT2D eigenvalue weighted by molar-refractivity contribution is 0.0910. The van der Waals surface area contributed by atoms with E-state index in [0.717, 1.165) is 18.6 Å². The lowest BCUT2D eigenvalue weighted by atomic mass is 10.1. The first-order chi connectivity index (χ1) is 10.0. The molecule has 1 aromatic heterocycles. The van der Waals surface area contributed by atoms with Crippen LogP contribution in [0.4, 0.5) is 8.78 Å². The lowest BCUT2D eigenvalue weighted by Gasteiger charge is -2.16. The Hall–Kier alpha value is -1.50. The van der Waals surface area contributed by atoms with E-state index in [1.165, 1.54) is 0 Å². The van der Waals surface area contributed by atoms with Gasteiger partial charge in [0, 0.05) is 31.1 Å². The van der Waals surface area contributed by atoms with Gasteiger partial charge in [-0.25, -0.2) is 8.78 Å². The summed E-state index contributed by atoms with van der Waals surface area (Å²) in [6, 6.07) is 1.56. The number of aromatic nitrogens is 1. The van der Waals surface area contributed by atoms with E-state index >= 15 is 0 Å². The van der Waals surface area contributed by atoms with Crippen LogP contribution in [-0.4, -0.2) is 48.1 Å². The molecule has 0 unspecified atom stereocenters. The van der Waals surface area contributed by atoms with Gasteiger partial charge in [0.1, 0.15) is 5.76 Å². The van der Waals surface area contributed by atoms with Crippen molar-refractivity contribution in [1.82, 2.24) is 15.4 Å². The summed E-state index contributed by atoms with van der Waals surface area (Å²) in [7, 11) is 0. The molecule has 116 valence electrons. The number of carbonyl (C=O) groups excluding carboxylic acids is 1. The van der Waals surface area contributed by atoms with Gasteiger partial charge in [-0.1, -0.05) is 12.1 Å². The normalized spacial score (nSPS) is 26.5. The summed E-state index contributed by atoms with van der Waals surface area (Å²) in [5.41, 5.74) is 0.274. The number of amides is 1. The number of likely N-dealkylation sites (tertiary alicyclic amines) is 1. The minimum absolute atomic E-state index is 0.127. The third-order valence-corrected chi connectivity index (χ3v) is 4.14. The topological polar surface area (TPSA) is 58.4 Å². The molecule has 0 radical (unpaired) electrons. The second kappa shape index (κ2) is 5.71. The Balaban J connectivity index is 1.56. The third kappa shape index (κ3) is 3.40. The predicted molar refractivity (Wildman–Crippen MR) is 71.3 cm³/mol. The summed E-state index contributed by atoms with van der Waals surface area (Å²) < 4.78 is 30.0. The minimum Gasteiger partial charge on any atom is -0.360 e.